The van der Waals surface area contributed by atoms with E-state index in [-0.39, 0.29) is 58.8 Å². The van der Waals surface area contributed by atoms with Crippen LogP contribution >= 0.6 is 23.2 Å². The maximum atomic E-state index is 15.1. The van der Waals surface area contributed by atoms with Crippen LogP contribution in [0.3, 0.4) is 0 Å². The van der Waals surface area contributed by atoms with Gasteiger partial charge in [-0.25, -0.2) is 35.8 Å². The third kappa shape index (κ3) is 11.0. The van der Waals surface area contributed by atoms with E-state index in [2.05, 4.69) is 14.3 Å². The molecule has 4 aromatic heterocycles. The number of ether oxygens (including phenoxy) is 2. The van der Waals surface area contributed by atoms with Crippen LogP contribution in [0.2, 0.25) is 10.0 Å². The summed E-state index contributed by atoms with van der Waals surface area (Å²) in [6, 6.07) is 10.4. The van der Waals surface area contributed by atoms with Gasteiger partial charge in [0.15, 0.2) is 11.3 Å². The molecule has 0 bridgehead atoms. The molecule has 0 spiro atoms. The molecular weight excluding hydrogens is 1050 g/mol. The van der Waals surface area contributed by atoms with Gasteiger partial charge in [0.25, 0.3) is 11.8 Å². The van der Waals surface area contributed by atoms with E-state index in [1.54, 1.807) is 24.9 Å². The summed E-state index contributed by atoms with van der Waals surface area (Å²) in [6.07, 6.45) is 9.67. The maximum Gasteiger partial charge on any atom is 0.320 e. The van der Waals surface area contributed by atoms with Gasteiger partial charge in [0.05, 0.1) is 90.8 Å². The molecule has 4 aliphatic rings. The van der Waals surface area contributed by atoms with E-state index >= 15 is 4.79 Å². The number of nitrogens with two attached hydrogens (primary N) is 1. The van der Waals surface area contributed by atoms with Crippen LogP contribution in [-0.2, 0) is 40.9 Å². The lowest BCUT2D eigenvalue weighted by molar-refractivity contribution is -0.148. The summed E-state index contributed by atoms with van der Waals surface area (Å²) in [5.74, 6) is 0.210. The molecule has 4 N–H and O–H groups in total. The Bertz CT molecular complexity index is 3470. The maximum absolute atomic E-state index is 15.1. The Morgan fingerprint density at radius 1 is 0.707 bits per heavy atom. The van der Waals surface area contributed by atoms with E-state index in [9.17, 15) is 26.4 Å². The van der Waals surface area contributed by atoms with Crippen LogP contribution in [0.15, 0.2) is 54.9 Å². The van der Waals surface area contributed by atoms with Crippen molar-refractivity contribution < 1.29 is 40.7 Å². The van der Waals surface area contributed by atoms with Crippen LogP contribution in [0, 0.1) is 13.8 Å². The predicted octanol–water partition coefficient (Wildman–Crippen LogP) is 5.27. The number of carbonyl (C=O) groups is 3. The normalized spacial score (nSPS) is 18.8. The highest BCUT2D eigenvalue weighted by atomic mass is 35.5. The van der Waals surface area contributed by atoms with Crippen molar-refractivity contribution in [3.8, 4) is 0 Å². The number of anilines is 4. The first kappa shape index (κ1) is 52.1. The van der Waals surface area contributed by atoms with E-state index in [0.29, 0.717) is 85.4 Å². The predicted molar refractivity (Wildman–Crippen MR) is 282 cm³/mol. The number of nitrogens with one attached hydrogen (secondary N) is 2. The van der Waals surface area contributed by atoms with E-state index in [4.69, 9.17) is 58.6 Å². The summed E-state index contributed by atoms with van der Waals surface area (Å²) in [5.41, 5.74) is 10.4. The number of likely N-dealkylation sites (tertiary alicyclic amines) is 2. The molecule has 2 amide bonds. The number of sulfonamides is 2. The summed E-state index contributed by atoms with van der Waals surface area (Å²) >= 11 is 13.2. The first-order valence-corrected chi connectivity index (χ1v) is 29.2. The Morgan fingerprint density at radius 3 is 1.77 bits per heavy atom. The standard InChI is InChI=1S/C49H57Cl2N13O9S2/c1-28-21-63-42(18-38(55-63)40-9-5-7-15-61(40)48(66)33-17-30(50)11-13-36(33)57-74(3,68)69)53-46(28)59-23-31(24-59)72-27-34-35(51)12-14-37(58-75(4,70)71)45(34)49(67)62-16-8-6-10-41(62)39-19-43-54-47(29(2)22-64(43)56-39)60-25-32(26-60)73-44(65)20-52/h11-14,17-19,21-22,31-32,40-41,57-58H,5-10,15-16,20,23-27,52H2,1-4H3/t40-,41-/m0/s1. The Labute approximate surface area is 443 Å². The largest absolute Gasteiger partial charge is 0.458 e. The highest BCUT2D eigenvalue weighted by Gasteiger charge is 2.38. The number of piperidine rings is 2. The highest BCUT2D eigenvalue weighted by molar-refractivity contribution is 7.92. The molecule has 2 aromatic carbocycles. The van der Waals surface area contributed by atoms with Gasteiger partial charge in [0.1, 0.15) is 17.7 Å². The molecule has 0 saturated carbocycles. The molecule has 6 aromatic rings. The lowest BCUT2D eigenvalue weighted by Gasteiger charge is -2.40. The quantitative estimate of drug-likeness (QED) is 0.111. The Hall–Kier alpha value is -6.31. The smallest absolute Gasteiger partial charge is 0.320 e. The molecular formula is C49H57Cl2N13O9S2. The molecule has 26 heteroatoms. The molecule has 4 aliphatic heterocycles. The van der Waals surface area contributed by atoms with Crippen molar-refractivity contribution in [1.82, 2.24) is 39.0 Å². The summed E-state index contributed by atoms with van der Waals surface area (Å²) in [5, 5.41) is 10.3. The minimum Gasteiger partial charge on any atom is -0.458 e. The van der Waals surface area contributed by atoms with Crippen molar-refractivity contribution in [3.63, 3.8) is 0 Å². The molecule has 75 heavy (non-hydrogen) atoms. The van der Waals surface area contributed by atoms with Gasteiger partial charge in [0.2, 0.25) is 20.0 Å². The van der Waals surface area contributed by atoms with Crippen molar-refractivity contribution in [2.45, 2.75) is 83.3 Å². The molecule has 4 saturated heterocycles. The van der Waals surface area contributed by atoms with E-state index < -0.39 is 44.0 Å². The fourth-order valence-electron chi connectivity index (χ4n) is 10.4. The number of nitrogens with zero attached hydrogens (tertiary/aromatic N) is 10. The lowest BCUT2D eigenvalue weighted by Crippen LogP contribution is -2.54. The minimum absolute atomic E-state index is 0.0826. The second-order valence-electron chi connectivity index (χ2n) is 19.7. The number of aryl methyl sites for hydroxylation is 2. The van der Waals surface area contributed by atoms with Crippen molar-refractivity contribution in [2.75, 3.05) is 77.6 Å². The number of amides is 2. The summed E-state index contributed by atoms with van der Waals surface area (Å²) in [6.45, 7) is 6.29. The van der Waals surface area contributed by atoms with E-state index in [1.807, 2.05) is 43.3 Å². The van der Waals surface area contributed by atoms with Crippen LogP contribution in [0.25, 0.3) is 11.3 Å². The third-order valence-electron chi connectivity index (χ3n) is 14.0. The van der Waals surface area contributed by atoms with Gasteiger partial charge in [-0.05, 0) is 82.7 Å². The minimum atomic E-state index is -3.84. The number of halogens is 2. The van der Waals surface area contributed by atoms with Crippen molar-refractivity contribution in [3.05, 3.63) is 104 Å². The number of aromatic nitrogens is 6. The van der Waals surface area contributed by atoms with Crippen LogP contribution in [0.5, 0.6) is 0 Å². The van der Waals surface area contributed by atoms with Gasteiger partial charge in [-0.3, -0.25) is 23.8 Å². The molecule has 0 radical (unpaired) electrons. The average Bonchev–Trinajstić information content (AvgIpc) is 3.96. The fraction of sp³-hybridized carbons (Fsp3) is 0.449. The zero-order chi connectivity index (χ0) is 53.1. The molecule has 0 unspecified atom stereocenters. The van der Waals surface area contributed by atoms with Crippen molar-refractivity contribution in [1.29, 1.82) is 0 Å². The SMILES string of the molecule is Cc1cn2nc([C@@H]3CCCCN3C(=O)c3cc(Cl)ccc3NS(C)(=O)=O)cc2nc1N1CC(OCc2c(Cl)ccc(NS(C)(=O)=O)c2C(=O)N2CCCC[C@H]2c2cc3nc(N4CC(OC(=O)CN)C4)c(C)cn3n2)C1. The zero-order valence-corrected chi connectivity index (χ0v) is 44.8. The second-order valence-corrected chi connectivity index (χ2v) is 24.0. The highest BCUT2D eigenvalue weighted by Crippen LogP contribution is 2.39. The van der Waals surface area contributed by atoms with Crippen LogP contribution in [0.4, 0.5) is 23.0 Å². The molecule has 10 rings (SSSR count). The molecule has 398 valence electrons. The number of hydrogen-bond donors (Lipinski definition) is 3. The second kappa shape index (κ2) is 20.7. The van der Waals surface area contributed by atoms with Gasteiger partial charge < -0.3 is 34.8 Å². The summed E-state index contributed by atoms with van der Waals surface area (Å²) < 4.78 is 70.1. The first-order valence-electron chi connectivity index (χ1n) is 24.6. The lowest BCUT2D eigenvalue weighted by atomic mass is 9.96. The zero-order valence-electron chi connectivity index (χ0n) is 41.7. The first-order chi connectivity index (χ1) is 35.7. The molecule has 22 nitrogen and oxygen atoms in total. The number of hydrogen-bond acceptors (Lipinski definition) is 16. The molecule has 4 fully saturated rings. The Kier molecular flexibility index (Phi) is 14.4. The van der Waals surface area contributed by atoms with Crippen LogP contribution in [-0.4, -0.2) is 144 Å². The van der Waals surface area contributed by atoms with Gasteiger partial charge in [-0.15, -0.1) is 0 Å². The summed E-state index contributed by atoms with van der Waals surface area (Å²) in [4.78, 5) is 58.4. The Balaban J connectivity index is 0.849. The number of carbonyl (C=O) groups excluding carboxylic acids is 3. The third-order valence-corrected chi connectivity index (χ3v) is 15.7. The van der Waals surface area contributed by atoms with Crippen LogP contribution < -0.4 is 25.0 Å². The van der Waals surface area contributed by atoms with Crippen LogP contribution in [0.1, 0.15) is 99.4 Å². The molecule has 0 aliphatic carbocycles. The van der Waals surface area contributed by atoms with Gasteiger partial charge >= 0.3 is 5.97 Å². The van der Waals surface area contributed by atoms with Crippen molar-refractivity contribution >= 4 is 95.3 Å². The number of esters is 1. The van der Waals surface area contributed by atoms with Gasteiger partial charge in [-0.2, -0.15) is 10.2 Å². The monoisotopic (exact) mass is 1110 g/mol. The number of rotatable bonds is 15. The van der Waals surface area contributed by atoms with Gasteiger partial charge in [0, 0.05) is 77.4 Å². The van der Waals surface area contributed by atoms with Gasteiger partial charge in [-0.1, -0.05) is 23.2 Å². The fourth-order valence-corrected chi connectivity index (χ4v) is 11.9. The Morgan fingerprint density at radius 2 is 1.23 bits per heavy atom. The topological polar surface area (TPSA) is 261 Å². The number of fused-ring (bicyclic) bond motifs is 2. The summed E-state index contributed by atoms with van der Waals surface area (Å²) in [7, 11) is -7.52. The molecule has 8 heterocycles. The molecule has 2 atom stereocenters. The average molecular weight is 1110 g/mol. The van der Waals surface area contributed by atoms with E-state index in [1.165, 1.54) is 24.3 Å². The number of benzene rings is 2. The van der Waals surface area contributed by atoms with E-state index in [0.717, 1.165) is 61.0 Å². The van der Waals surface area contributed by atoms with Crippen molar-refractivity contribution in [2.24, 2.45) is 5.73 Å².